The van der Waals surface area contributed by atoms with Crippen LogP contribution in [0.4, 0.5) is 0 Å². The van der Waals surface area contributed by atoms with Gasteiger partial charge < -0.3 is 5.32 Å². The number of rotatable bonds is 3. The summed E-state index contributed by atoms with van der Waals surface area (Å²) in [6.07, 6.45) is 0. The molecule has 0 aliphatic rings. The van der Waals surface area contributed by atoms with Gasteiger partial charge in [0.2, 0.25) is 0 Å². The average Bonchev–Trinajstić information content (AvgIpc) is 2.60. The summed E-state index contributed by atoms with van der Waals surface area (Å²) >= 11 is 0. The molecule has 0 saturated heterocycles. The Kier molecular flexibility index (Phi) is 3.76. The molecule has 1 N–H and O–H groups in total. The molecular formula is C16H23N3. The lowest BCUT2D eigenvalue weighted by atomic mass is 9.94. The molecule has 0 bridgehead atoms. The van der Waals surface area contributed by atoms with E-state index < -0.39 is 0 Å². The molecule has 3 heteroatoms. The molecule has 0 saturated carbocycles. The van der Waals surface area contributed by atoms with E-state index in [0.717, 1.165) is 12.2 Å². The summed E-state index contributed by atoms with van der Waals surface area (Å²) < 4.78 is 1.98. The van der Waals surface area contributed by atoms with Crippen LogP contribution in [0.5, 0.6) is 0 Å². The Hall–Kier alpha value is -1.61. The first-order valence-corrected chi connectivity index (χ1v) is 6.71. The molecular weight excluding hydrogens is 234 g/mol. The molecule has 0 spiro atoms. The Bertz CT molecular complexity index is 609. The third kappa shape index (κ3) is 2.43. The van der Waals surface area contributed by atoms with Gasteiger partial charge in [0.15, 0.2) is 0 Å². The van der Waals surface area contributed by atoms with E-state index in [4.69, 9.17) is 0 Å². The summed E-state index contributed by atoms with van der Waals surface area (Å²) in [7, 11) is 3.99. The van der Waals surface area contributed by atoms with Crippen molar-refractivity contribution in [3.8, 4) is 11.1 Å². The van der Waals surface area contributed by atoms with Crippen LogP contribution in [-0.4, -0.2) is 16.8 Å². The van der Waals surface area contributed by atoms with Crippen molar-refractivity contribution in [3.05, 3.63) is 40.2 Å². The summed E-state index contributed by atoms with van der Waals surface area (Å²) in [4.78, 5) is 0. The first kappa shape index (κ1) is 13.8. The van der Waals surface area contributed by atoms with E-state index in [1.807, 2.05) is 18.8 Å². The minimum Gasteiger partial charge on any atom is -0.314 e. The maximum absolute atomic E-state index is 4.58. The number of aromatic nitrogens is 2. The van der Waals surface area contributed by atoms with Gasteiger partial charge in [0.1, 0.15) is 0 Å². The fourth-order valence-electron chi connectivity index (χ4n) is 2.66. The second-order valence-corrected chi connectivity index (χ2v) is 5.31. The standard InChI is InChI=1S/C16H23N3/c1-10-7-12(3)14(8-11(10)2)16-13(4)18-19(6)15(16)9-17-5/h7-8,17H,9H2,1-6H3. The second-order valence-electron chi connectivity index (χ2n) is 5.31. The quantitative estimate of drug-likeness (QED) is 0.916. The summed E-state index contributed by atoms with van der Waals surface area (Å²) in [6, 6.07) is 4.55. The zero-order valence-electron chi connectivity index (χ0n) is 12.8. The van der Waals surface area contributed by atoms with Crippen LogP contribution in [-0.2, 0) is 13.6 Å². The third-order valence-corrected chi connectivity index (χ3v) is 3.80. The maximum Gasteiger partial charge on any atom is 0.0675 e. The van der Waals surface area contributed by atoms with Crippen molar-refractivity contribution < 1.29 is 0 Å². The van der Waals surface area contributed by atoms with Gasteiger partial charge in [-0.3, -0.25) is 4.68 Å². The first-order valence-electron chi connectivity index (χ1n) is 6.71. The fourth-order valence-corrected chi connectivity index (χ4v) is 2.66. The molecule has 1 aromatic carbocycles. The van der Waals surface area contributed by atoms with Gasteiger partial charge in [-0.1, -0.05) is 12.1 Å². The highest BCUT2D eigenvalue weighted by atomic mass is 15.3. The van der Waals surface area contributed by atoms with Crippen molar-refractivity contribution in [1.29, 1.82) is 0 Å². The molecule has 0 aliphatic carbocycles. The van der Waals surface area contributed by atoms with Crippen molar-refractivity contribution >= 4 is 0 Å². The smallest absolute Gasteiger partial charge is 0.0675 e. The topological polar surface area (TPSA) is 29.9 Å². The summed E-state index contributed by atoms with van der Waals surface area (Å²) in [5.74, 6) is 0. The number of nitrogens with one attached hydrogen (secondary N) is 1. The molecule has 2 aromatic rings. The minimum absolute atomic E-state index is 0.832. The lowest BCUT2D eigenvalue weighted by molar-refractivity contribution is 0.669. The van der Waals surface area contributed by atoms with E-state index in [2.05, 4.69) is 50.2 Å². The summed E-state index contributed by atoms with van der Waals surface area (Å²) in [5.41, 5.74) is 8.91. The van der Waals surface area contributed by atoms with Gasteiger partial charge in [-0.05, 0) is 57.0 Å². The number of aryl methyl sites for hydroxylation is 5. The number of nitrogens with zero attached hydrogens (tertiary/aromatic N) is 2. The molecule has 2 rings (SSSR count). The van der Waals surface area contributed by atoms with Gasteiger partial charge in [-0.25, -0.2) is 0 Å². The maximum atomic E-state index is 4.58. The van der Waals surface area contributed by atoms with Crippen LogP contribution in [0.15, 0.2) is 12.1 Å². The molecule has 0 atom stereocenters. The van der Waals surface area contributed by atoms with Crippen LogP contribution in [0.1, 0.15) is 28.1 Å². The summed E-state index contributed by atoms with van der Waals surface area (Å²) in [5, 5.41) is 7.81. The van der Waals surface area contributed by atoms with E-state index in [9.17, 15) is 0 Å². The van der Waals surface area contributed by atoms with Gasteiger partial charge in [0.25, 0.3) is 0 Å². The van der Waals surface area contributed by atoms with Crippen molar-refractivity contribution in [1.82, 2.24) is 15.1 Å². The highest BCUT2D eigenvalue weighted by molar-refractivity contribution is 5.73. The molecule has 0 fully saturated rings. The van der Waals surface area contributed by atoms with Crippen molar-refractivity contribution in [2.24, 2.45) is 7.05 Å². The van der Waals surface area contributed by atoms with Gasteiger partial charge in [-0.2, -0.15) is 5.10 Å². The molecule has 3 nitrogen and oxygen atoms in total. The average molecular weight is 257 g/mol. The first-order chi connectivity index (χ1) is 8.95. The molecule has 19 heavy (non-hydrogen) atoms. The van der Waals surface area contributed by atoms with E-state index in [1.54, 1.807) is 0 Å². The molecule has 0 radical (unpaired) electrons. The zero-order chi connectivity index (χ0) is 14.2. The summed E-state index contributed by atoms with van der Waals surface area (Å²) in [6.45, 7) is 9.43. The van der Waals surface area contributed by atoms with Gasteiger partial charge in [-0.15, -0.1) is 0 Å². The molecule has 102 valence electrons. The number of hydrogen-bond acceptors (Lipinski definition) is 2. The largest absolute Gasteiger partial charge is 0.314 e. The van der Waals surface area contributed by atoms with Crippen molar-refractivity contribution in [2.75, 3.05) is 7.05 Å². The second kappa shape index (κ2) is 5.17. The SMILES string of the molecule is CNCc1c(-c2cc(C)c(C)cc2C)c(C)nn1C. The van der Waals surface area contributed by atoms with E-state index in [-0.39, 0.29) is 0 Å². The monoisotopic (exact) mass is 257 g/mol. The van der Waals surface area contributed by atoms with Gasteiger partial charge >= 0.3 is 0 Å². The van der Waals surface area contributed by atoms with Gasteiger partial charge in [0, 0.05) is 19.2 Å². The van der Waals surface area contributed by atoms with Crippen molar-refractivity contribution in [2.45, 2.75) is 34.2 Å². The highest BCUT2D eigenvalue weighted by Crippen LogP contribution is 2.31. The minimum atomic E-state index is 0.832. The van der Waals surface area contributed by atoms with Gasteiger partial charge in [0.05, 0.1) is 11.4 Å². The Labute approximate surface area is 115 Å². The Balaban J connectivity index is 2.68. The van der Waals surface area contributed by atoms with E-state index in [1.165, 1.54) is 33.5 Å². The predicted molar refractivity (Wildman–Crippen MR) is 80.4 cm³/mol. The number of benzene rings is 1. The molecule has 0 aliphatic heterocycles. The lowest BCUT2D eigenvalue weighted by Gasteiger charge is -2.12. The molecule has 1 aromatic heterocycles. The van der Waals surface area contributed by atoms with Crippen LogP contribution in [0.2, 0.25) is 0 Å². The highest BCUT2D eigenvalue weighted by Gasteiger charge is 2.16. The van der Waals surface area contributed by atoms with Crippen LogP contribution in [0.25, 0.3) is 11.1 Å². The van der Waals surface area contributed by atoms with E-state index >= 15 is 0 Å². The molecule has 1 heterocycles. The lowest BCUT2D eigenvalue weighted by Crippen LogP contribution is -2.10. The predicted octanol–water partition coefficient (Wildman–Crippen LogP) is 3.04. The van der Waals surface area contributed by atoms with Crippen LogP contribution < -0.4 is 5.32 Å². The van der Waals surface area contributed by atoms with Crippen LogP contribution in [0.3, 0.4) is 0 Å². The Morgan fingerprint density at radius 2 is 1.68 bits per heavy atom. The van der Waals surface area contributed by atoms with E-state index in [0.29, 0.717) is 0 Å². The molecule has 0 unspecified atom stereocenters. The van der Waals surface area contributed by atoms with Crippen LogP contribution in [0, 0.1) is 27.7 Å². The van der Waals surface area contributed by atoms with Crippen LogP contribution >= 0.6 is 0 Å². The fraction of sp³-hybridized carbons (Fsp3) is 0.438. The normalized spacial score (nSPS) is 11.1. The Morgan fingerprint density at radius 1 is 1.05 bits per heavy atom. The Morgan fingerprint density at radius 3 is 2.32 bits per heavy atom. The van der Waals surface area contributed by atoms with Crippen molar-refractivity contribution in [3.63, 3.8) is 0 Å². The molecule has 0 amide bonds. The number of hydrogen-bond donors (Lipinski definition) is 1. The zero-order valence-corrected chi connectivity index (χ0v) is 12.8. The third-order valence-electron chi connectivity index (χ3n) is 3.80.